The Morgan fingerprint density at radius 3 is 2.60 bits per heavy atom. The summed E-state index contributed by atoms with van der Waals surface area (Å²) in [5.74, 6) is -0.934. The van der Waals surface area contributed by atoms with Gasteiger partial charge in [-0.2, -0.15) is 0 Å². The van der Waals surface area contributed by atoms with Gasteiger partial charge in [-0.1, -0.05) is 22.0 Å². The summed E-state index contributed by atoms with van der Waals surface area (Å²) in [6, 6.07) is 11.4. The SMILES string of the molecule is C=CCN1C(=O)/C(=C/c2cccn2-c2ccc(Br)cc2)C(=O)NC1=S. The van der Waals surface area contributed by atoms with Crippen molar-refractivity contribution in [2.45, 2.75) is 0 Å². The van der Waals surface area contributed by atoms with E-state index in [-0.39, 0.29) is 17.2 Å². The Bertz CT molecular complexity index is 899. The molecule has 0 radical (unpaired) electrons. The lowest BCUT2D eigenvalue weighted by atomic mass is 10.1. The van der Waals surface area contributed by atoms with E-state index in [1.54, 1.807) is 12.2 Å². The molecule has 0 unspecified atom stereocenters. The highest BCUT2D eigenvalue weighted by Gasteiger charge is 2.32. The number of amides is 2. The maximum Gasteiger partial charge on any atom is 0.266 e. The van der Waals surface area contributed by atoms with Crippen molar-refractivity contribution in [1.29, 1.82) is 0 Å². The number of rotatable bonds is 4. The molecule has 1 saturated heterocycles. The van der Waals surface area contributed by atoms with Gasteiger partial charge in [0, 0.05) is 28.6 Å². The van der Waals surface area contributed by atoms with Crippen LogP contribution in [-0.2, 0) is 9.59 Å². The van der Waals surface area contributed by atoms with Gasteiger partial charge < -0.3 is 4.57 Å². The van der Waals surface area contributed by atoms with Crippen LogP contribution in [0, 0.1) is 0 Å². The van der Waals surface area contributed by atoms with Gasteiger partial charge in [-0.05, 0) is 54.7 Å². The highest BCUT2D eigenvalue weighted by Crippen LogP contribution is 2.20. The molecule has 0 atom stereocenters. The maximum absolute atomic E-state index is 12.6. The Hall–Kier alpha value is -2.51. The van der Waals surface area contributed by atoms with Crippen LogP contribution >= 0.6 is 28.1 Å². The molecule has 2 amide bonds. The third kappa shape index (κ3) is 3.47. The number of carbonyl (C=O) groups is 2. The monoisotopic (exact) mass is 415 g/mol. The zero-order chi connectivity index (χ0) is 18.0. The predicted octanol–water partition coefficient (Wildman–Crippen LogP) is 3.05. The van der Waals surface area contributed by atoms with Gasteiger partial charge in [0.05, 0.1) is 0 Å². The summed E-state index contributed by atoms with van der Waals surface area (Å²) in [4.78, 5) is 26.1. The summed E-state index contributed by atoms with van der Waals surface area (Å²) in [7, 11) is 0. The van der Waals surface area contributed by atoms with E-state index in [1.165, 1.54) is 4.90 Å². The predicted molar refractivity (Wildman–Crippen MR) is 104 cm³/mol. The quantitative estimate of drug-likeness (QED) is 0.361. The smallest absolute Gasteiger partial charge is 0.266 e. The van der Waals surface area contributed by atoms with Gasteiger partial charge in [0.2, 0.25) is 0 Å². The van der Waals surface area contributed by atoms with Crippen LogP contribution in [0.1, 0.15) is 5.69 Å². The summed E-state index contributed by atoms with van der Waals surface area (Å²) in [6.07, 6.45) is 4.99. The number of hydrogen-bond acceptors (Lipinski definition) is 3. The van der Waals surface area contributed by atoms with E-state index >= 15 is 0 Å². The second-order valence-corrected chi connectivity index (χ2v) is 6.60. The third-order valence-corrected chi connectivity index (χ3v) is 4.53. The Kier molecular flexibility index (Phi) is 4.96. The molecule has 3 rings (SSSR count). The molecule has 0 saturated carbocycles. The summed E-state index contributed by atoms with van der Waals surface area (Å²) in [5, 5.41) is 2.63. The van der Waals surface area contributed by atoms with Crippen LogP contribution in [0.25, 0.3) is 11.8 Å². The number of thiocarbonyl (C=S) groups is 1. The van der Waals surface area contributed by atoms with E-state index in [0.717, 1.165) is 10.2 Å². The minimum atomic E-state index is -0.501. The van der Waals surface area contributed by atoms with Gasteiger partial charge >= 0.3 is 0 Å². The minimum Gasteiger partial charge on any atom is -0.317 e. The van der Waals surface area contributed by atoms with E-state index < -0.39 is 11.8 Å². The van der Waals surface area contributed by atoms with Crippen molar-refractivity contribution in [2.75, 3.05) is 6.54 Å². The molecule has 1 fully saturated rings. The van der Waals surface area contributed by atoms with Crippen LogP contribution in [0.5, 0.6) is 0 Å². The van der Waals surface area contributed by atoms with Crippen molar-refractivity contribution in [3.8, 4) is 5.69 Å². The standard InChI is InChI=1S/C18H14BrN3O2S/c1-2-9-22-17(24)15(16(23)20-18(22)25)11-14-4-3-10-21(14)13-7-5-12(19)6-8-13/h2-8,10-11H,1,9H2,(H,20,23,25)/b15-11+. The van der Waals surface area contributed by atoms with E-state index in [1.807, 2.05) is 47.2 Å². The number of halogens is 1. The Labute approximate surface area is 158 Å². The summed E-state index contributed by atoms with van der Waals surface area (Å²) >= 11 is 8.46. The van der Waals surface area contributed by atoms with Gasteiger partial charge in [0.25, 0.3) is 11.8 Å². The second-order valence-electron chi connectivity index (χ2n) is 5.30. The van der Waals surface area contributed by atoms with E-state index in [9.17, 15) is 9.59 Å². The molecule has 1 aliphatic heterocycles. The molecular weight excluding hydrogens is 402 g/mol. The fourth-order valence-electron chi connectivity index (χ4n) is 2.49. The van der Waals surface area contributed by atoms with Crippen molar-refractivity contribution in [3.05, 3.63) is 71.0 Å². The molecule has 1 aromatic carbocycles. The zero-order valence-corrected chi connectivity index (χ0v) is 15.5. The first-order valence-corrected chi connectivity index (χ1v) is 8.64. The molecule has 1 aliphatic rings. The van der Waals surface area contributed by atoms with Crippen LogP contribution in [0.3, 0.4) is 0 Å². The number of nitrogens with zero attached hydrogens (tertiary/aromatic N) is 2. The molecule has 25 heavy (non-hydrogen) atoms. The Morgan fingerprint density at radius 2 is 1.92 bits per heavy atom. The highest BCUT2D eigenvalue weighted by atomic mass is 79.9. The number of aromatic nitrogens is 1. The van der Waals surface area contributed by atoms with Gasteiger partial charge in [0.1, 0.15) is 5.57 Å². The molecule has 2 aromatic rings. The molecule has 5 nitrogen and oxygen atoms in total. The Morgan fingerprint density at radius 1 is 1.20 bits per heavy atom. The van der Waals surface area contributed by atoms with Gasteiger partial charge in [-0.25, -0.2) is 0 Å². The average molecular weight is 416 g/mol. The first-order valence-electron chi connectivity index (χ1n) is 7.44. The number of carbonyl (C=O) groups excluding carboxylic acids is 2. The third-order valence-electron chi connectivity index (χ3n) is 3.67. The fraction of sp³-hybridized carbons (Fsp3) is 0.0556. The van der Waals surface area contributed by atoms with Crippen molar-refractivity contribution >= 4 is 51.2 Å². The molecule has 2 heterocycles. The van der Waals surface area contributed by atoms with Crippen LogP contribution in [0.15, 0.2) is 65.3 Å². The normalized spacial score (nSPS) is 16.3. The fourth-order valence-corrected chi connectivity index (χ4v) is 3.00. The topological polar surface area (TPSA) is 54.3 Å². The Balaban J connectivity index is 2.00. The molecule has 0 bridgehead atoms. The van der Waals surface area contributed by atoms with Crippen LogP contribution in [-0.4, -0.2) is 32.9 Å². The molecule has 0 aliphatic carbocycles. The van der Waals surface area contributed by atoms with Crippen LogP contribution < -0.4 is 5.32 Å². The van der Waals surface area contributed by atoms with Crippen molar-refractivity contribution < 1.29 is 9.59 Å². The lowest BCUT2D eigenvalue weighted by Crippen LogP contribution is -2.53. The summed E-state index contributed by atoms with van der Waals surface area (Å²) < 4.78 is 2.86. The number of hydrogen-bond donors (Lipinski definition) is 1. The van der Waals surface area contributed by atoms with E-state index in [2.05, 4.69) is 27.8 Å². The molecule has 7 heteroatoms. The van der Waals surface area contributed by atoms with Gasteiger partial charge in [-0.15, -0.1) is 6.58 Å². The zero-order valence-electron chi connectivity index (χ0n) is 13.1. The van der Waals surface area contributed by atoms with Gasteiger partial charge in [-0.3, -0.25) is 19.8 Å². The maximum atomic E-state index is 12.6. The number of benzene rings is 1. The van der Waals surface area contributed by atoms with Crippen LogP contribution in [0.2, 0.25) is 0 Å². The lowest BCUT2D eigenvalue weighted by molar-refractivity contribution is -0.128. The first kappa shape index (κ1) is 17.3. The molecule has 0 spiro atoms. The summed E-state index contributed by atoms with van der Waals surface area (Å²) in [6.45, 7) is 3.85. The summed E-state index contributed by atoms with van der Waals surface area (Å²) in [5.41, 5.74) is 1.67. The molecule has 1 N–H and O–H groups in total. The highest BCUT2D eigenvalue weighted by molar-refractivity contribution is 9.10. The molecule has 1 aromatic heterocycles. The molecule has 126 valence electrons. The van der Waals surface area contributed by atoms with Crippen molar-refractivity contribution in [2.24, 2.45) is 0 Å². The molecular formula is C18H14BrN3O2S. The van der Waals surface area contributed by atoms with Gasteiger partial charge in [0.15, 0.2) is 5.11 Å². The average Bonchev–Trinajstić information content (AvgIpc) is 3.04. The van der Waals surface area contributed by atoms with E-state index in [4.69, 9.17) is 12.2 Å². The minimum absolute atomic E-state index is 0.0347. The number of nitrogens with one attached hydrogen (secondary N) is 1. The largest absolute Gasteiger partial charge is 0.317 e. The van der Waals surface area contributed by atoms with Crippen molar-refractivity contribution in [3.63, 3.8) is 0 Å². The second kappa shape index (κ2) is 7.16. The first-order chi connectivity index (χ1) is 12.0. The van der Waals surface area contributed by atoms with Crippen LogP contribution in [0.4, 0.5) is 0 Å². The van der Waals surface area contributed by atoms with Crippen molar-refractivity contribution in [1.82, 2.24) is 14.8 Å². The van der Waals surface area contributed by atoms with E-state index in [0.29, 0.717) is 5.69 Å². The lowest BCUT2D eigenvalue weighted by Gasteiger charge is -2.27.